The van der Waals surface area contributed by atoms with Gasteiger partial charge < -0.3 is 4.74 Å². The minimum absolute atomic E-state index is 0.0299. The quantitative estimate of drug-likeness (QED) is 0.224. The molecule has 3 aromatic carbocycles. The molecule has 4 aromatic rings. The van der Waals surface area contributed by atoms with Crippen molar-refractivity contribution in [3.05, 3.63) is 92.5 Å². The van der Waals surface area contributed by atoms with Crippen LogP contribution in [0.2, 0.25) is 0 Å². The Kier molecular flexibility index (Phi) is 5.54. The van der Waals surface area contributed by atoms with Crippen LogP contribution in [0, 0.1) is 20.2 Å². The van der Waals surface area contributed by atoms with Gasteiger partial charge in [-0.1, -0.05) is 36.0 Å². The fourth-order valence-electron chi connectivity index (χ4n) is 3.17. The Morgan fingerprint density at radius 3 is 2.32 bits per heavy atom. The van der Waals surface area contributed by atoms with Gasteiger partial charge in [-0.2, -0.15) is 0 Å². The maximum absolute atomic E-state index is 11.2. The van der Waals surface area contributed by atoms with Crippen LogP contribution in [-0.4, -0.2) is 26.5 Å². The van der Waals surface area contributed by atoms with E-state index in [0.29, 0.717) is 27.7 Å². The van der Waals surface area contributed by atoms with Crippen LogP contribution in [0.1, 0.15) is 5.56 Å². The van der Waals surface area contributed by atoms with Gasteiger partial charge >= 0.3 is 0 Å². The molecule has 0 saturated carbocycles. The van der Waals surface area contributed by atoms with Gasteiger partial charge in [-0.3, -0.25) is 24.8 Å². The highest BCUT2D eigenvalue weighted by molar-refractivity contribution is 7.98. The summed E-state index contributed by atoms with van der Waals surface area (Å²) in [5, 5.41) is 22.7. The van der Waals surface area contributed by atoms with Gasteiger partial charge in [-0.15, -0.1) is 0 Å². The van der Waals surface area contributed by atoms with E-state index in [9.17, 15) is 20.2 Å². The Morgan fingerprint density at radius 2 is 1.65 bits per heavy atom. The lowest BCUT2D eigenvalue weighted by Gasteiger charge is -2.13. The van der Waals surface area contributed by atoms with Crippen LogP contribution in [0.4, 0.5) is 11.4 Å². The summed E-state index contributed by atoms with van der Waals surface area (Å²) in [5.41, 5.74) is 2.84. The molecule has 0 atom stereocenters. The number of benzene rings is 3. The number of para-hydroxylation sites is 2. The van der Waals surface area contributed by atoms with Crippen molar-refractivity contribution in [1.29, 1.82) is 0 Å². The van der Waals surface area contributed by atoms with Gasteiger partial charge in [0, 0.05) is 30.0 Å². The summed E-state index contributed by atoms with van der Waals surface area (Å²) in [6.07, 6.45) is 0. The van der Waals surface area contributed by atoms with Crippen molar-refractivity contribution in [2.75, 3.05) is 7.11 Å². The first kappa shape index (κ1) is 20.4. The van der Waals surface area contributed by atoms with E-state index in [-0.39, 0.29) is 11.4 Å². The monoisotopic (exact) mass is 436 g/mol. The molecule has 0 aliphatic rings. The molecule has 0 aliphatic carbocycles. The first-order valence-electron chi connectivity index (χ1n) is 9.14. The molecule has 1 heterocycles. The summed E-state index contributed by atoms with van der Waals surface area (Å²) in [7, 11) is 1.58. The lowest BCUT2D eigenvalue weighted by Crippen LogP contribution is -2.00. The Bertz CT molecular complexity index is 1290. The standard InChI is InChI=1S/C21H16N4O5S/c1-30-20-5-3-2-4-19(20)23-18-11-10-16(25(28)29)12-17(18)22-21(23)31-13-14-6-8-15(9-7-14)24(26)27/h2-12H,13H2,1H3. The number of ether oxygens (including phenoxy) is 1. The lowest BCUT2D eigenvalue weighted by atomic mass is 10.2. The van der Waals surface area contributed by atoms with E-state index in [0.717, 1.165) is 11.3 Å². The molecule has 9 nitrogen and oxygen atoms in total. The number of rotatable bonds is 7. The van der Waals surface area contributed by atoms with Crippen molar-refractivity contribution < 1.29 is 14.6 Å². The van der Waals surface area contributed by atoms with Crippen LogP contribution in [-0.2, 0) is 5.75 Å². The maximum Gasteiger partial charge on any atom is 0.271 e. The molecule has 0 unspecified atom stereocenters. The summed E-state index contributed by atoms with van der Waals surface area (Å²) in [6, 6.07) is 18.3. The van der Waals surface area contributed by atoms with Crippen molar-refractivity contribution in [3.63, 3.8) is 0 Å². The molecule has 0 N–H and O–H groups in total. The average Bonchev–Trinajstić information content (AvgIpc) is 3.15. The molecule has 156 valence electrons. The van der Waals surface area contributed by atoms with Gasteiger partial charge in [0.25, 0.3) is 11.4 Å². The van der Waals surface area contributed by atoms with E-state index in [2.05, 4.69) is 4.98 Å². The SMILES string of the molecule is COc1ccccc1-n1c(SCc2ccc([N+](=O)[O-])cc2)nc2cc([N+](=O)[O-])ccc21. The van der Waals surface area contributed by atoms with Crippen LogP contribution in [0.25, 0.3) is 16.7 Å². The lowest BCUT2D eigenvalue weighted by molar-refractivity contribution is -0.385. The van der Waals surface area contributed by atoms with E-state index in [1.807, 2.05) is 28.8 Å². The van der Waals surface area contributed by atoms with Crippen molar-refractivity contribution in [1.82, 2.24) is 9.55 Å². The topological polar surface area (TPSA) is 113 Å². The predicted molar refractivity (Wildman–Crippen MR) is 117 cm³/mol. The number of imidazole rings is 1. The van der Waals surface area contributed by atoms with Gasteiger partial charge in [0.05, 0.1) is 33.7 Å². The summed E-state index contributed by atoms with van der Waals surface area (Å²) in [6.45, 7) is 0. The van der Waals surface area contributed by atoms with Crippen LogP contribution in [0.3, 0.4) is 0 Å². The van der Waals surface area contributed by atoms with Gasteiger partial charge in [0.2, 0.25) is 0 Å². The smallest absolute Gasteiger partial charge is 0.271 e. The summed E-state index contributed by atoms with van der Waals surface area (Å²) in [4.78, 5) is 25.8. The van der Waals surface area contributed by atoms with Crippen LogP contribution < -0.4 is 4.74 Å². The van der Waals surface area contributed by atoms with Gasteiger partial charge in [0.15, 0.2) is 5.16 Å². The molecule has 0 radical (unpaired) electrons. The minimum atomic E-state index is -0.453. The molecular formula is C21H16N4O5S. The van der Waals surface area contributed by atoms with Crippen LogP contribution in [0.5, 0.6) is 5.75 Å². The number of hydrogen-bond acceptors (Lipinski definition) is 7. The third-order valence-corrected chi connectivity index (χ3v) is 5.67. The van der Waals surface area contributed by atoms with E-state index < -0.39 is 9.85 Å². The maximum atomic E-state index is 11.2. The number of aromatic nitrogens is 2. The molecule has 10 heteroatoms. The second-order valence-electron chi connectivity index (χ2n) is 6.54. The largest absolute Gasteiger partial charge is 0.495 e. The first-order valence-corrected chi connectivity index (χ1v) is 10.1. The highest BCUT2D eigenvalue weighted by atomic mass is 32.2. The normalized spacial score (nSPS) is 10.9. The fourth-order valence-corrected chi connectivity index (χ4v) is 4.14. The van der Waals surface area contributed by atoms with Crippen molar-refractivity contribution in [2.45, 2.75) is 10.9 Å². The number of hydrogen-bond donors (Lipinski definition) is 0. The fraction of sp³-hybridized carbons (Fsp3) is 0.0952. The third kappa shape index (κ3) is 4.05. The average molecular weight is 436 g/mol. The number of methoxy groups -OCH3 is 1. The first-order chi connectivity index (χ1) is 15.0. The molecule has 1 aromatic heterocycles. The zero-order valence-electron chi connectivity index (χ0n) is 16.3. The molecule has 4 rings (SSSR count). The molecular weight excluding hydrogens is 420 g/mol. The Hall–Kier alpha value is -3.92. The zero-order chi connectivity index (χ0) is 22.0. The Morgan fingerprint density at radius 1 is 0.968 bits per heavy atom. The number of fused-ring (bicyclic) bond motifs is 1. The molecule has 0 amide bonds. The van der Waals surface area contributed by atoms with Gasteiger partial charge in [-0.05, 0) is 23.8 Å². The predicted octanol–water partition coefficient (Wildman–Crippen LogP) is 5.14. The molecule has 0 fully saturated rings. The van der Waals surface area contributed by atoms with Crippen LogP contribution in [0.15, 0.2) is 71.9 Å². The number of nitrogens with zero attached hydrogens (tertiary/aromatic N) is 4. The summed E-state index contributed by atoms with van der Waals surface area (Å²) in [5.74, 6) is 1.15. The van der Waals surface area contributed by atoms with E-state index in [1.54, 1.807) is 25.3 Å². The molecule has 31 heavy (non-hydrogen) atoms. The van der Waals surface area contributed by atoms with Gasteiger partial charge in [0.1, 0.15) is 5.75 Å². The highest BCUT2D eigenvalue weighted by Crippen LogP contribution is 2.35. The number of non-ortho nitro benzene ring substituents is 2. The highest BCUT2D eigenvalue weighted by Gasteiger charge is 2.18. The zero-order valence-corrected chi connectivity index (χ0v) is 17.1. The van der Waals surface area contributed by atoms with E-state index in [1.165, 1.54) is 36.0 Å². The Labute approximate surface area is 180 Å². The van der Waals surface area contributed by atoms with Crippen molar-refractivity contribution in [3.8, 4) is 11.4 Å². The number of nitro benzene ring substituents is 2. The summed E-state index contributed by atoms with van der Waals surface area (Å²) >= 11 is 1.43. The van der Waals surface area contributed by atoms with Crippen molar-refractivity contribution in [2.24, 2.45) is 0 Å². The molecule has 0 spiro atoms. The number of nitro groups is 2. The minimum Gasteiger partial charge on any atom is -0.495 e. The van der Waals surface area contributed by atoms with Crippen molar-refractivity contribution >= 4 is 34.2 Å². The van der Waals surface area contributed by atoms with E-state index >= 15 is 0 Å². The van der Waals surface area contributed by atoms with E-state index in [4.69, 9.17) is 4.74 Å². The third-order valence-electron chi connectivity index (χ3n) is 4.66. The Balaban J connectivity index is 1.77. The summed E-state index contributed by atoms with van der Waals surface area (Å²) < 4.78 is 7.40. The second kappa shape index (κ2) is 8.44. The molecule has 0 aliphatic heterocycles. The van der Waals surface area contributed by atoms with Gasteiger partial charge in [-0.25, -0.2) is 4.98 Å². The second-order valence-corrected chi connectivity index (χ2v) is 7.49. The molecule has 0 bridgehead atoms. The molecule has 0 saturated heterocycles. The van der Waals surface area contributed by atoms with Crippen LogP contribution >= 0.6 is 11.8 Å². The number of thioether (sulfide) groups is 1.